The van der Waals surface area contributed by atoms with Gasteiger partial charge in [0.2, 0.25) is 0 Å². The quantitative estimate of drug-likeness (QED) is 0.541. The standard InChI is InChI=1S/C9H14N2/c1-10-5-3-7-11-6-2-4-9(11)8-10/h2,4,6H,3,5,7-8H2,1H3. The van der Waals surface area contributed by atoms with Crippen LogP contribution in [-0.2, 0) is 13.1 Å². The van der Waals surface area contributed by atoms with Gasteiger partial charge in [0.05, 0.1) is 0 Å². The number of rotatable bonds is 0. The number of fused-ring (bicyclic) bond motifs is 1. The summed E-state index contributed by atoms with van der Waals surface area (Å²) in [5, 5.41) is 0. The molecule has 0 saturated carbocycles. The molecule has 1 aromatic heterocycles. The van der Waals surface area contributed by atoms with Gasteiger partial charge in [-0.05, 0) is 32.1 Å². The van der Waals surface area contributed by atoms with E-state index in [1.165, 1.54) is 25.2 Å². The van der Waals surface area contributed by atoms with Crippen LogP contribution in [0.25, 0.3) is 0 Å². The number of nitrogens with zero attached hydrogens (tertiary/aromatic N) is 2. The second-order valence-corrected chi connectivity index (χ2v) is 3.28. The molecule has 0 radical (unpaired) electrons. The minimum absolute atomic E-state index is 1.10. The van der Waals surface area contributed by atoms with E-state index in [0.29, 0.717) is 0 Å². The topological polar surface area (TPSA) is 8.17 Å². The van der Waals surface area contributed by atoms with Gasteiger partial charge in [-0.1, -0.05) is 0 Å². The zero-order valence-electron chi connectivity index (χ0n) is 6.95. The Balaban J connectivity index is 2.26. The average molecular weight is 150 g/mol. The molecule has 0 N–H and O–H groups in total. The summed E-state index contributed by atoms with van der Waals surface area (Å²) in [6.45, 7) is 3.52. The molecule has 0 amide bonds. The van der Waals surface area contributed by atoms with Gasteiger partial charge in [0.15, 0.2) is 0 Å². The van der Waals surface area contributed by atoms with Crippen LogP contribution in [-0.4, -0.2) is 23.1 Å². The van der Waals surface area contributed by atoms with Crippen LogP contribution in [0, 0.1) is 0 Å². The maximum atomic E-state index is 2.37. The fourth-order valence-electron chi connectivity index (χ4n) is 1.68. The Morgan fingerprint density at radius 1 is 1.36 bits per heavy atom. The van der Waals surface area contributed by atoms with E-state index >= 15 is 0 Å². The number of hydrogen-bond acceptors (Lipinski definition) is 1. The van der Waals surface area contributed by atoms with Crippen LogP contribution in [0.1, 0.15) is 12.1 Å². The third-order valence-electron chi connectivity index (χ3n) is 2.29. The monoisotopic (exact) mass is 150 g/mol. The molecule has 2 nitrogen and oxygen atoms in total. The Hall–Kier alpha value is -0.760. The van der Waals surface area contributed by atoms with Gasteiger partial charge < -0.3 is 9.47 Å². The van der Waals surface area contributed by atoms with Crippen LogP contribution in [0.15, 0.2) is 18.3 Å². The van der Waals surface area contributed by atoms with Crippen molar-refractivity contribution in [2.45, 2.75) is 19.5 Å². The van der Waals surface area contributed by atoms with Gasteiger partial charge in [0, 0.05) is 25.0 Å². The first-order valence-corrected chi connectivity index (χ1v) is 4.19. The van der Waals surface area contributed by atoms with E-state index in [1.807, 2.05) is 0 Å². The highest BCUT2D eigenvalue weighted by atomic mass is 15.1. The van der Waals surface area contributed by atoms with Gasteiger partial charge in [-0.2, -0.15) is 0 Å². The Bertz CT molecular complexity index is 239. The summed E-state index contributed by atoms with van der Waals surface area (Å²) in [5.41, 5.74) is 1.45. The first kappa shape index (κ1) is 6.92. The number of aromatic nitrogens is 1. The van der Waals surface area contributed by atoms with Crippen LogP contribution in [0.2, 0.25) is 0 Å². The highest BCUT2D eigenvalue weighted by Crippen LogP contribution is 2.10. The zero-order chi connectivity index (χ0) is 7.68. The van der Waals surface area contributed by atoms with Crippen LogP contribution < -0.4 is 0 Å². The predicted octanol–water partition coefficient (Wildman–Crippen LogP) is 1.32. The first-order valence-electron chi connectivity index (χ1n) is 4.19. The molecule has 2 rings (SSSR count). The van der Waals surface area contributed by atoms with Gasteiger partial charge in [0.25, 0.3) is 0 Å². The maximum absolute atomic E-state index is 2.37. The third-order valence-corrected chi connectivity index (χ3v) is 2.29. The molecule has 0 spiro atoms. The van der Waals surface area contributed by atoms with Crippen molar-refractivity contribution in [3.05, 3.63) is 24.0 Å². The van der Waals surface area contributed by atoms with E-state index < -0.39 is 0 Å². The predicted molar refractivity (Wildman–Crippen MR) is 45.4 cm³/mol. The Morgan fingerprint density at radius 2 is 2.27 bits per heavy atom. The molecule has 0 fully saturated rings. The minimum atomic E-state index is 1.10. The number of hydrogen-bond donors (Lipinski definition) is 0. The lowest BCUT2D eigenvalue weighted by molar-refractivity contribution is 0.332. The van der Waals surface area contributed by atoms with Crippen molar-refractivity contribution in [3.8, 4) is 0 Å². The second kappa shape index (κ2) is 2.70. The van der Waals surface area contributed by atoms with Crippen molar-refractivity contribution in [1.82, 2.24) is 9.47 Å². The van der Waals surface area contributed by atoms with Gasteiger partial charge in [-0.15, -0.1) is 0 Å². The smallest absolute Gasteiger partial charge is 0.0384 e. The summed E-state index contributed by atoms with van der Waals surface area (Å²) >= 11 is 0. The molecule has 0 saturated heterocycles. The SMILES string of the molecule is CN1CCCn2cccc2C1. The third kappa shape index (κ3) is 1.31. The van der Waals surface area contributed by atoms with E-state index in [1.54, 1.807) is 0 Å². The molecule has 0 aromatic carbocycles. The van der Waals surface area contributed by atoms with Crippen LogP contribution in [0.4, 0.5) is 0 Å². The Kier molecular flexibility index (Phi) is 1.70. The van der Waals surface area contributed by atoms with E-state index in [0.717, 1.165) is 6.54 Å². The molecule has 1 aliphatic heterocycles. The molecule has 2 heteroatoms. The highest BCUT2D eigenvalue weighted by Gasteiger charge is 2.08. The van der Waals surface area contributed by atoms with Gasteiger partial charge in [-0.25, -0.2) is 0 Å². The normalized spacial score (nSPS) is 19.4. The van der Waals surface area contributed by atoms with Gasteiger partial charge >= 0.3 is 0 Å². The molecule has 60 valence electrons. The molecule has 0 atom stereocenters. The van der Waals surface area contributed by atoms with Crippen LogP contribution in [0.3, 0.4) is 0 Å². The first-order chi connectivity index (χ1) is 5.36. The molecule has 0 aliphatic carbocycles. The summed E-state index contributed by atoms with van der Waals surface area (Å²) in [6, 6.07) is 4.34. The lowest BCUT2D eigenvalue weighted by atomic mass is 10.4. The van der Waals surface area contributed by atoms with E-state index in [-0.39, 0.29) is 0 Å². The molecule has 0 unspecified atom stereocenters. The van der Waals surface area contributed by atoms with E-state index in [2.05, 4.69) is 34.8 Å². The summed E-state index contributed by atoms with van der Waals surface area (Å²) in [6.07, 6.45) is 3.45. The summed E-state index contributed by atoms with van der Waals surface area (Å²) < 4.78 is 2.35. The van der Waals surface area contributed by atoms with Crippen molar-refractivity contribution in [3.63, 3.8) is 0 Å². The van der Waals surface area contributed by atoms with Crippen molar-refractivity contribution >= 4 is 0 Å². The summed E-state index contributed by atoms with van der Waals surface area (Å²) in [5.74, 6) is 0. The van der Waals surface area contributed by atoms with Crippen LogP contribution in [0.5, 0.6) is 0 Å². The molecule has 1 aliphatic rings. The number of aryl methyl sites for hydroxylation is 1. The van der Waals surface area contributed by atoms with Crippen molar-refractivity contribution < 1.29 is 0 Å². The van der Waals surface area contributed by atoms with Crippen molar-refractivity contribution in [2.24, 2.45) is 0 Å². The fourth-order valence-corrected chi connectivity index (χ4v) is 1.68. The minimum Gasteiger partial charge on any atom is -0.350 e. The lowest BCUT2D eigenvalue weighted by Gasteiger charge is -2.11. The molecule has 2 heterocycles. The Morgan fingerprint density at radius 3 is 3.18 bits per heavy atom. The van der Waals surface area contributed by atoms with Gasteiger partial charge in [-0.3, -0.25) is 0 Å². The van der Waals surface area contributed by atoms with Crippen LogP contribution >= 0.6 is 0 Å². The lowest BCUT2D eigenvalue weighted by Crippen LogP contribution is -2.16. The molecule has 11 heavy (non-hydrogen) atoms. The maximum Gasteiger partial charge on any atom is 0.0384 e. The fraction of sp³-hybridized carbons (Fsp3) is 0.556. The molecule has 1 aromatic rings. The van der Waals surface area contributed by atoms with Crippen molar-refractivity contribution in [1.29, 1.82) is 0 Å². The summed E-state index contributed by atoms with van der Waals surface area (Å²) in [4.78, 5) is 2.37. The van der Waals surface area contributed by atoms with E-state index in [9.17, 15) is 0 Å². The highest BCUT2D eigenvalue weighted by molar-refractivity contribution is 5.07. The van der Waals surface area contributed by atoms with E-state index in [4.69, 9.17) is 0 Å². The zero-order valence-corrected chi connectivity index (χ0v) is 6.95. The Labute approximate surface area is 67.4 Å². The van der Waals surface area contributed by atoms with Gasteiger partial charge in [0.1, 0.15) is 0 Å². The molecule has 0 bridgehead atoms. The average Bonchev–Trinajstić information content (AvgIpc) is 2.31. The largest absolute Gasteiger partial charge is 0.350 e. The molecular formula is C9H14N2. The van der Waals surface area contributed by atoms with Crippen molar-refractivity contribution in [2.75, 3.05) is 13.6 Å². The summed E-state index contributed by atoms with van der Waals surface area (Å²) in [7, 11) is 2.18. The second-order valence-electron chi connectivity index (χ2n) is 3.28. The molecular weight excluding hydrogens is 136 g/mol.